The van der Waals surface area contributed by atoms with Gasteiger partial charge in [-0.05, 0) is 18.4 Å². The van der Waals surface area contributed by atoms with Crippen molar-refractivity contribution in [3.05, 3.63) is 35.9 Å². The Hall–Kier alpha value is -1.92. The van der Waals surface area contributed by atoms with E-state index >= 15 is 0 Å². The molecule has 148 valence electrons. The van der Waals surface area contributed by atoms with Gasteiger partial charge in [0.25, 0.3) is 0 Å². The molecule has 27 heavy (non-hydrogen) atoms. The second kappa shape index (κ2) is 9.85. The Bertz CT molecular complexity index is 616. The van der Waals surface area contributed by atoms with E-state index in [-0.39, 0.29) is 17.9 Å². The van der Waals surface area contributed by atoms with Crippen LogP contribution < -0.4 is 0 Å². The number of nitrogens with zero attached hydrogens (tertiary/aromatic N) is 3. The van der Waals surface area contributed by atoms with E-state index in [9.17, 15) is 9.59 Å². The summed E-state index contributed by atoms with van der Waals surface area (Å²) in [5.41, 5.74) is 1.19. The number of morpholine rings is 1. The van der Waals surface area contributed by atoms with Crippen molar-refractivity contribution in [3.8, 4) is 0 Å². The SMILES string of the molecule is CC(=O)N(CCN1CCOCC1)C1CCN(C(=O)CCc2ccccc2)C1. The monoisotopic (exact) mass is 373 g/mol. The van der Waals surface area contributed by atoms with Gasteiger partial charge in [0.15, 0.2) is 0 Å². The number of likely N-dealkylation sites (tertiary alicyclic amines) is 1. The minimum absolute atomic E-state index is 0.104. The van der Waals surface area contributed by atoms with Gasteiger partial charge < -0.3 is 14.5 Å². The molecule has 0 aliphatic carbocycles. The summed E-state index contributed by atoms with van der Waals surface area (Å²) in [5, 5.41) is 0. The minimum Gasteiger partial charge on any atom is -0.379 e. The second-order valence-corrected chi connectivity index (χ2v) is 7.43. The molecule has 2 saturated heterocycles. The van der Waals surface area contributed by atoms with Crippen molar-refractivity contribution in [3.63, 3.8) is 0 Å². The van der Waals surface area contributed by atoms with Gasteiger partial charge in [0.2, 0.25) is 11.8 Å². The highest BCUT2D eigenvalue weighted by molar-refractivity contribution is 5.77. The largest absolute Gasteiger partial charge is 0.379 e. The third-order valence-corrected chi connectivity index (χ3v) is 5.59. The first-order chi connectivity index (χ1) is 13.1. The molecule has 3 rings (SSSR count). The van der Waals surface area contributed by atoms with Crippen LogP contribution in [0.25, 0.3) is 0 Å². The van der Waals surface area contributed by atoms with E-state index < -0.39 is 0 Å². The third kappa shape index (κ3) is 5.78. The van der Waals surface area contributed by atoms with Gasteiger partial charge in [0, 0.05) is 52.6 Å². The summed E-state index contributed by atoms with van der Waals surface area (Å²) < 4.78 is 5.38. The van der Waals surface area contributed by atoms with Crippen LogP contribution in [-0.4, -0.2) is 85.0 Å². The van der Waals surface area contributed by atoms with Crippen LogP contribution in [0.1, 0.15) is 25.3 Å². The highest BCUT2D eigenvalue weighted by Gasteiger charge is 2.31. The van der Waals surface area contributed by atoms with Crippen molar-refractivity contribution in [1.29, 1.82) is 0 Å². The number of carbonyl (C=O) groups excluding carboxylic acids is 2. The Morgan fingerprint density at radius 3 is 2.59 bits per heavy atom. The maximum Gasteiger partial charge on any atom is 0.222 e. The molecular formula is C21H31N3O3. The molecule has 1 aromatic rings. The van der Waals surface area contributed by atoms with Crippen LogP contribution >= 0.6 is 0 Å². The molecule has 0 radical (unpaired) electrons. The molecule has 2 aliphatic rings. The summed E-state index contributed by atoms with van der Waals surface area (Å²) in [7, 11) is 0. The molecular weight excluding hydrogens is 342 g/mol. The Balaban J connectivity index is 1.46. The van der Waals surface area contributed by atoms with Crippen molar-refractivity contribution < 1.29 is 14.3 Å². The van der Waals surface area contributed by atoms with E-state index in [1.807, 2.05) is 28.0 Å². The van der Waals surface area contributed by atoms with E-state index in [4.69, 9.17) is 4.74 Å². The highest BCUT2D eigenvalue weighted by Crippen LogP contribution is 2.18. The number of benzene rings is 1. The Kier molecular flexibility index (Phi) is 7.24. The number of amides is 2. The number of aryl methyl sites for hydroxylation is 1. The van der Waals surface area contributed by atoms with Gasteiger partial charge in [-0.15, -0.1) is 0 Å². The van der Waals surface area contributed by atoms with Crippen molar-refractivity contribution >= 4 is 11.8 Å². The van der Waals surface area contributed by atoms with Crippen molar-refractivity contribution in [2.75, 3.05) is 52.5 Å². The molecule has 2 aliphatic heterocycles. The lowest BCUT2D eigenvalue weighted by molar-refractivity contribution is -0.133. The minimum atomic E-state index is 0.104. The van der Waals surface area contributed by atoms with Crippen LogP contribution in [0.3, 0.4) is 0 Å². The van der Waals surface area contributed by atoms with Crippen LogP contribution in [-0.2, 0) is 20.7 Å². The molecule has 2 heterocycles. The number of hydrogen-bond donors (Lipinski definition) is 0. The zero-order valence-electron chi connectivity index (χ0n) is 16.3. The summed E-state index contributed by atoms with van der Waals surface area (Å²) in [6.07, 6.45) is 2.18. The molecule has 0 saturated carbocycles. The fourth-order valence-corrected chi connectivity index (χ4v) is 3.95. The van der Waals surface area contributed by atoms with Crippen LogP contribution in [0.15, 0.2) is 30.3 Å². The molecule has 0 bridgehead atoms. The maximum atomic E-state index is 12.6. The smallest absolute Gasteiger partial charge is 0.222 e. The normalized spacial score (nSPS) is 20.6. The predicted molar refractivity (Wildman–Crippen MR) is 104 cm³/mol. The summed E-state index contributed by atoms with van der Waals surface area (Å²) in [6, 6.07) is 10.3. The van der Waals surface area contributed by atoms with Gasteiger partial charge in [0.05, 0.1) is 19.3 Å². The zero-order valence-corrected chi connectivity index (χ0v) is 16.3. The highest BCUT2D eigenvalue weighted by atomic mass is 16.5. The van der Waals surface area contributed by atoms with Crippen molar-refractivity contribution in [2.24, 2.45) is 0 Å². The first kappa shape index (κ1) is 19.8. The number of ether oxygens (including phenoxy) is 1. The summed E-state index contributed by atoms with van der Waals surface area (Å²) in [6.45, 7) is 8.06. The average molecular weight is 373 g/mol. The van der Waals surface area contributed by atoms with Crippen LogP contribution in [0.2, 0.25) is 0 Å². The molecule has 0 aromatic heterocycles. The van der Waals surface area contributed by atoms with Gasteiger partial charge in [-0.2, -0.15) is 0 Å². The van der Waals surface area contributed by atoms with E-state index in [1.165, 1.54) is 5.56 Å². The molecule has 6 heteroatoms. The Morgan fingerprint density at radius 1 is 1.15 bits per heavy atom. The average Bonchev–Trinajstić information content (AvgIpc) is 3.17. The summed E-state index contributed by atoms with van der Waals surface area (Å²) in [5.74, 6) is 0.296. The summed E-state index contributed by atoms with van der Waals surface area (Å²) in [4.78, 5) is 31.0. The molecule has 1 atom stereocenters. The Labute approximate surface area is 162 Å². The Morgan fingerprint density at radius 2 is 1.89 bits per heavy atom. The molecule has 0 N–H and O–H groups in total. The maximum absolute atomic E-state index is 12.6. The molecule has 2 fully saturated rings. The molecule has 1 unspecified atom stereocenters. The molecule has 6 nitrogen and oxygen atoms in total. The van der Waals surface area contributed by atoms with Gasteiger partial charge in [-0.1, -0.05) is 30.3 Å². The zero-order chi connectivity index (χ0) is 19.1. The molecule has 2 amide bonds. The standard InChI is InChI=1S/C21H31N3O3/c1-18(25)24(12-11-22-13-15-27-16-14-22)20-9-10-23(17-20)21(26)8-7-19-5-3-2-4-6-19/h2-6,20H,7-17H2,1H3. The first-order valence-corrected chi connectivity index (χ1v) is 10.0. The fourth-order valence-electron chi connectivity index (χ4n) is 3.95. The third-order valence-electron chi connectivity index (χ3n) is 5.59. The van der Waals surface area contributed by atoms with Gasteiger partial charge in [-0.3, -0.25) is 14.5 Å². The van der Waals surface area contributed by atoms with Crippen LogP contribution in [0.4, 0.5) is 0 Å². The van der Waals surface area contributed by atoms with Crippen LogP contribution in [0, 0.1) is 0 Å². The lowest BCUT2D eigenvalue weighted by Gasteiger charge is -2.32. The van der Waals surface area contributed by atoms with Gasteiger partial charge >= 0.3 is 0 Å². The number of hydrogen-bond acceptors (Lipinski definition) is 4. The van der Waals surface area contributed by atoms with Gasteiger partial charge in [-0.25, -0.2) is 0 Å². The number of carbonyl (C=O) groups is 2. The van der Waals surface area contributed by atoms with Crippen molar-refractivity contribution in [2.45, 2.75) is 32.2 Å². The lowest BCUT2D eigenvalue weighted by atomic mass is 10.1. The van der Waals surface area contributed by atoms with E-state index in [2.05, 4.69) is 17.0 Å². The van der Waals surface area contributed by atoms with Crippen LogP contribution in [0.5, 0.6) is 0 Å². The molecule has 1 aromatic carbocycles. The van der Waals surface area contributed by atoms with Gasteiger partial charge in [0.1, 0.15) is 0 Å². The lowest BCUT2D eigenvalue weighted by Crippen LogP contribution is -2.47. The fraction of sp³-hybridized carbons (Fsp3) is 0.619. The quantitative estimate of drug-likeness (QED) is 0.725. The van der Waals surface area contributed by atoms with Crippen molar-refractivity contribution in [1.82, 2.24) is 14.7 Å². The van der Waals surface area contributed by atoms with E-state index in [0.29, 0.717) is 13.0 Å². The first-order valence-electron chi connectivity index (χ1n) is 10.0. The summed E-state index contributed by atoms with van der Waals surface area (Å²) >= 11 is 0. The second-order valence-electron chi connectivity index (χ2n) is 7.43. The van der Waals surface area contributed by atoms with E-state index in [1.54, 1.807) is 6.92 Å². The van der Waals surface area contributed by atoms with E-state index in [0.717, 1.165) is 58.8 Å². The predicted octanol–water partition coefficient (Wildman–Crippen LogP) is 1.40. The molecule has 0 spiro atoms. The topological polar surface area (TPSA) is 53.1 Å². The number of rotatable bonds is 7.